The van der Waals surface area contributed by atoms with Gasteiger partial charge < -0.3 is 14.4 Å². The van der Waals surface area contributed by atoms with Crippen molar-refractivity contribution in [1.29, 1.82) is 0 Å². The Morgan fingerprint density at radius 2 is 2.10 bits per heavy atom. The Bertz CT molecular complexity index is 517. The van der Waals surface area contributed by atoms with Gasteiger partial charge in [-0.1, -0.05) is 28.1 Å². The lowest BCUT2D eigenvalue weighted by Crippen LogP contribution is -2.48. The summed E-state index contributed by atoms with van der Waals surface area (Å²) in [6.07, 6.45) is 2.32. The monoisotopic (exact) mass is 353 g/mol. The van der Waals surface area contributed by atoms with E-state index < -0.39 is 5.60 Å². The second kappa shape index (κ2) is 6.60. The number of benzene rings is 1. The average Bonchev–Trinajstić information content (AvgIpc) is 2.45. The minimum absolute atomic E-state index is 0.0266. The van der Waals surface area contributed by atoms with E-state index in [1.54, 1.807) is 4.90 Å². The topological polar surface area (TPSA) is 46.6 Å². The van der Waals surface area contributed by atoms with Crippen LogP contribution in [0.2, 0.25) is 0 Å². The minimum atomic E-state index is -0.520. The largest absolute Gasteiger partial charge is 0.443 e. The van der Waals surface area contributed by atoms with E-state index in [1.807, 2.05) is 38.1 Å². The molecular formula is C16H20BrNO3. The Kier molecular flexibility index (Phi) is 5.04. The SMILES string of the molecule is CC(c1ccc(Br)cc1)N1CCC(C)(CCC=O)OC1=O. The van der Waals surface area contributed by atoms with Crippen molar-refractivity contribution in [3.05, 3.63) is 34.3 Å². The van der Waals surface area contributed by atoms with Crippen LogP contribution < -0.4 is 0 Å². The molecule has 0 aromatic heterocycles. The molecule has 2 atom stereocenters. The zero-order valence-corrected chi connectivity index (χ0v) is 13.9. The molecule has 1 aliphatic heterocycles. The molecule has 5 heteroatoms. The van der Waals surface area contributed by atoms with Crippen molar-refractivity contribution in [1.82, 2.24) is 4.90 Å². The van der Waals surface area contributed by atoms with Crippen molar-refractivity contribution in [3.8, 4) is 0 Å². The van der Waals surface area contributed by atoms with Gasteiger partial charge in [-0.2, -0.15) is 0 Å². The van der Waals surface area contributed by atoms with Crippen LogP contribution in [0.1, 0.15) is 44.7 Å². The van der Waals surface area contributed by atoms with E-state index in [9.17, 15) is 9.59 Å². The highest BCUT2D eigenvalue weighted by Gasteiger charge is 2.38. The molecule has 1 heterocycles. The van der Waals surface area contributed by atoms with Gasteiger partial charge in [-0.05, 0) is 38.0 Å². The highest BCUT2D eigenvalue weighted by molar-refractivity contribution is 9.10. The first-order valence-corrected chi connectivity index (χ1v) is 7.93. The number of halogens is 1. The molecule has 0 spiro atoms. The maximum atomic E-state index is 12.3. The van der Waals surface area contributed by atoms with Crippen LogP contribution >= 0.6 is 15.9 Å². The predicted octanol–water partition coefficient (Wildman–Crippen LogP) is 4.09. The van der Waals surface area contributed by atoms with Gasteiger partial charge in [0.05, 0.1) is 6.04 Å². The molecule has 1 fully saturated rings. The van der Waals surface area contributed by atoms with Crippen LogP contribution in [-0.2, 0) is 9.53 Å². The highest BCUT2D eigenvalue weighted by Crippen LogP contribution is 2.32. The number of cyclic esters (lactones) is 1. The third kappa shape index (κ3) is 3.84. The fourth-order valence-electron chi connectivity index (χ4n) is 2.58. The Morgan fingerprint density at radius 3 is 2.67 bits per heavy atom. The summed E-state index contributed by atoms with van der Waals surface area (Å²) in [5.74, 6) is 0. The molecule has 0 saturated carbocycles. The molecule has 1 aliphatic rings. The maximum Gasteiger partial charge on any atom is 0.410 e. The van der Waals surface area contributed by atoms with Gasteiger partial charge in [-0.25, -0.2) is 4.79 Å². The number of hydrogen-bond donors (Lipinski definition) is 0. The summed E-state index contributed by atoms with van der Waals surface area (Å²) >= 11 is 3.41. The molecule has 2 rings (SSSR count). The van der Waals surface area contributed by atoms with E-state index in [-0.39, 0.29) is 12.1 Å². The van der Waals surface area contributed by atoms with Gasteiger partial charge in [0.15, 0.2) is 0 Å². The smallest absolute Gasteiger partial charge is 0.410 e. The molecule has 0 bridgehead atoms. The first-order chi connectivity index (χ1) is 9.95. The lowest BCUT2D eigenvalue weighted by Gasteiger charge is -2.41. The number of amides is 1. The molecule has 2 unspecified atom stereocenters. The summed E-state index contributed by atoms with van der Waals surface area (Å²) in [6, 6.07) is 7.91. The lowest BCUT2D eigenvalue weighted by molar-refractivity contribution is -0.110. The molecule has 1 saturated heterocycles. The van der Waals surface area contributed by atoms with Crippen molar-refractivity contribution in [2.24, 2.45) is 0 Å². The molecule has 0 N–H and O–H groups in total. The van der Waals surface area contributed by atoms with E-state index in [4.69, 9.17) is 4.74 Å². The summed E-state index contributed by atoms with van der Waals surface area (Å²) in [4.78, 5) is 24.5. The van der Waals surface area contributed by atoms with Crippen LogP contribution in [0.4, 0.5) is 4.79 Å². The Morgan fingerprint density at radius 1 is 1.43 bits per heavy atom. The quantitative estimate of drug-likeness (QED) is 0.749. The third-order valence-electron chi connectivity index (χ3n) is 4.06. The first-order valence-electron chi connectivity index (χ1n) is 7.14. The van der Waals surface area contributed by atoms with Gasteiger partial charge in [-0.3, -0.25) is 0 Å². The number of nitrogens with zero attached hydrogens (tertiary/aromatic N) is 1. The fraction of sp³-hybridized carbons (Fsp3) is 0.500. The average molecular weight is 354 g/mol. The number of ether oxygens (including phenoxy) is 1. The van der Waals surface area contributed by atoms with Crippen molar-refractivity contribution < 1.29 is 14.3 Å². The van der Waals surface area contributed by atoms with E-state index in [2.05, 4.69) is 15.9 Å². The number of rotatable bonds is 5. The number of carbonyl (C=O) groups is 2. The number of hydrogen-bond acceptors (Lipinski definition) is 3. The Hall–Kier alpha value is -1.36. The van der Waals surface area contributed by atoms with Gasteiger partial charge in [0.25, 0.3) is 0 Å². The zero-order valence-electron chi connectivity index (χ0n) is 12.3. The van der Waals surface area contributed by atoms with Gasteiger partial charge in [0.2, 0.25) is 0 Å². The summed E-state index contributed by atoms with van der Waals surface area (Å²) < 4.78 is 6.59. The molecule has 1 aromatic rings. The molecule has 0 aliphatic carbocycles. The molecule has 0 radical (unpaired) electrons. The molecule has 21 heavy (non-hydrogen) atoms. The molecule has 1 amide bonds. The van der Waals surface area contributed by atoms with Crippen LogP contribution in [0.25, 0.3) is 0 Å². The summed E-state index contributed by atoms with van der Waals surface area (Å²) in [5.41, 5.74) is 0.556. The van der Waals surface area contributed by atoms with Crippen molar-refractivity contribution in [2.45, 2.75) is 44.8 Å². The second-order valence-electron chi connectivity index (χ2n) is 5.69. The van der Waals surface area contributed by atoms with E-state index >= 15 is 0 Å². The number of carbonyl (C=O) groups excluding carboxylic acids is 2. The highest BCUT2D eigenvalue weighted by atomic mass is 79.9. The summed E-state index contributed by atoms with van der Waals surface area (Å²) in [6.45, 7) is 4.54. The van der Waals surface area contributed by atoms with Gasteiger partial charge >= 0.3 is 6.09 Å². The molecule has 1 aromatic carbocycles. The second-order valence-corrected chi connectivity index (χ2v) is 6.61. The van der Waals surface area contributed by atoms with Crippen LogP contribution in [0.15, 0.2) is 28.7 Å². The van der Waals surface area contributed by atoms with E-state index in [1.165, 1.54) is 0 Å². The van der Waals surface area contributed by atoms with Crippen LogP contribution in [0, 0.1) is 0 Å². The van der Waals surface area contributed by atoms with Crippen LogP contribution in [-0.4, -0.2) is 29.4 Å². The minimum Gasteiger partial charge on any atom is -0.443 e. The van der Waals surface area contributed by atoms with Crippen molar-refractivity contribution in [2.75, 3.05) is 6.54 Å². The fourth-order valence-corrected chi connectivity index (χ4v) is 2.85. The van der Waals surface area contributed by atoms with Crippen molar-refractivity contribution in [3.63, 3.8) is 0 Å². The van der Waals surface area contributed by atoms with Gasteiger partial charge in [0.1, 0.15) is 11.9 Å². The Balaban J connectivity index is 2.04. The normalized spacial score (nSPS) is 23.6. The van der Waals surface area contributed by atoms with Gasteiger partial charge in [0, 0.05) is 23.9 Å². The predicted molar refractivity (Wildman–Crippen MR) is 84.1 cm³/mol. The first kappa shape index (κ1) is 16.0. The molecule has 114 valence electrons. The summed E-state index contributed by atoms with van der Waals surface area (Å²) in [7, 11) is 0. The van der Waals surface area contributed by atoms with Crippen molar-refractivity contribution >= 4 is 28.3 Å². The molecular weight excluding hydrogens is 334 g/mol. The van der Waals surface area contributed by atoms with Crippen LogP contribution in [0.5, 0.6) is 0 Å². The maximum absolute atomic E-state index is 12.3. The Labute approximate surface area is 133 Å². The lowest BCUT2D eigenvalue weighted by atomic mass is 9.94. The van der Waals surface area contributed by atoms with E-state index in [0.29, 0.717) is 19.4 Å². The third-order valence-corrected chi connectivity index (χ3v) is 4.59. The van der Waals surface area contributed by atoms with Crippen LogP contribution in [0.3, 0.4) is 0 Å². The summed E-state index contributed by atoms with van der Waals surface area (Å²) in [5, 5.41) is 0. The zero-order chi connectivity index (χ0) is 15.5. The van der Waals surface area contributed by atoms with Gasteiger partial charge in [-0.15, -0.1) is 0 Å². The molecule has 4 nitrogen and oxygen atoms in total. The van der Waals surface area contributed by atoms with E-state index in [0.717, 1.165) is 22.7 Å². The standard InChI is InChI=1S/C16H20BrNO3/c1-12(13-4-6-14(17)7-5-13)18-10-9-16(2,8-3-11-19)21-15(18)20/h4-7,11-12H,3,8-10H2,1-2H3. The number of aldehydes is 1.